The van der Waals surface area contributed by atoms with Gasteiger partial charge in [0.15, 0.2) is 0 Å². The van der Waals surface area contributed by atoms with Gasteiger partial charge in [-0.2, -0.15) is 0 Å². The zero-order chi connectivity index (χ0) is 15.2. The lowest BCUT2D eigenvalue weighted by Crippen LogP contribution is -2.13. The molecular formula is C17H25ClO2S. The second kappa shape index (κ2) is 8.30. The minimum Gasteiger partial charge on any atom is -0.495 e. The van der Waals surface area contributed by atoms with E-state index in [-0.39, 0.29) is 5.44 Å². The number of ether oxygens (including phenoxy) is 2. The van der Waals surface area contributed by atoms with Gasteiger partial charge in [-0.05, 0) is 37.0 Å². The van der Waals surface area contributed by atoms with Gasteiger partial charge in [0.2, 0.25) is 0 Å². The Balaban J connectivity index is 1.89. The Hall–Kier alpha value is -0.380. The van der Waals surface area contributed by atoms with E-state index in [0.717, 1.165) is 17.1 Å². The summed E-state index contributed by atoms with van der Waals surface area (Å²) in [6, 6.07) is 5.92. The predicted octanol–water partition coefficient (Wildman–Crippen LogP) is 5.77. The number of hydrogen-bond donors (Lipinski definition) is 0. The third-order valence-corrected chi connectivity index (χ3v) is 5.41. The molecule has 21 heavy (non-hydrogen) atoms. The lowest BCUT2D eigenvalue weighted by atomic mass is 9.99. The number of methoxy groups -OCH3 is 1. The maximum Gasteiger partial charge on any atom is 0.138 e. The van der Waals surface area contributed by atoms with Crippen molar-refractivity contribution in [1.82, 2.24) is 0 Å². The van der Waals surface area contributed by atoms with Crippen molar-refractivity contribution in [2.24, 2.45) is 5.92 Å². The average Bonchev–Trinajstić information content (AvgIpc) is 2.81. The first-order valence-electron chi connectivity index (χ1n) is 7.79. The normalized spacial score (nSPS) is 25.2. The standard InChI is InChI=1S/C17H25ClO2S/c1-4-5-6-7-15-12(2)10-17(20-15)21-13-8-9-14(18)16(11-13)19-3/h8-9,11-12,15,17H,4-7,10H2,1-3H3/t12-,15?,17?/m1/s1. The molecule has 0 bridgehead atoms. The second-order valence-corrected chi connectivity index (χ2v) is 7.37. The van der Waals surface area contributed by atoms with Crippen molar-refractivity contribution in [3.8, 4) is 5.75 Å². The molecule has 0 spiro atoms. The van der Waals surface area contributed by atoms with Crippen molar-refractivity contribution in [3.63, 3.8) is 0 Å². The van der Waals surface area contributed by atoms with E-state index >= 15 is 0 Å². The van der Waals surface area contributed by atoms with Crippen LogP contribution in [0.5, 0.6) is 5.75 Å². The number of benzene rings is 1. The fraction of sp³-hybridized carbons (Fsp3) is 0.647. The number of thioether (sulfide) groups is 1. The minimum absolute atomic E-state index is 0.248. The van der Waals surface area contributed by atoms with Gasteiger partial charge in [0.1, 0.15) is 11.2 Å². The van der Waals surface area contributed by atoms with Crippen LogP contribution in [-0.2, 0) is 4.74 Å². The molecule has 4 heteroatoms. The van der Waals surface area contributed by atoms with Crippen molar-refractivity contribution >= 4 is 23.4 Å². The smallest absolute Gasteiger partial charge is 0.138 e. The van der Waals surface area contributed by atoms with Crippen LogP contribution in [0.3, 0.4) is 0 Å². The third kappa shape index (κ3) is 4.80. The highest BCUT2D eigenvalue weighted by molar-refractivity contribution is 7.99. The summed E-state index contributed by atoms with van der Waals surface area (Å²) in [5, 5.41) is 0.653. The van der Waals surface area contributed by atoms with Crippen molar-refractivity contribution in [2.75, 3.05) is 7.11 Å². The Morgan fingerprint density at radius 3 is 2.90 bits per heavy atom. The molecule has 1 aromatic carbocycles. The van der Waals surface area contributed by atoms with E-state index in [9.17, 15) is 0 Å². The Morgan fingerprint density at radius 2 is 2.19 bits per heavy atom. The molecule has 1 aliphatic heterocycles. The molecule has 0 radical (unpaired) electrons. The molecule has 1 aliphatic rings. The van der Waals surface area contributed by atoms with E-state index in [1.165, 1.54) is 25.7 Å². The van der Waals surface area contributed by atoms with Crippen LogP contribution >= 0.6 is 23.4 Å². The van der Waals surface area contributed by atoms with Crippen molar-refractivity contribution in [1.29, 1.82) is 0 Å². The Bertz CT molecular complexity index is 452. The molecule has 1 fully saturated rings. The maximum absolute atomic E-state index is 6.22. The van der Waals surface area contributed by atoms with Gasteiger partial charge in [-0.1, -0.05) is 56.5 Å². The SMILES string of the molecule is CCCCCC1OC(Sc2ccc(Cl)c(OC)c2)C[C@H]1C. The molecule has 1 aromatic rings. The van der Waals surface area contributed by atoms with Crippen LogP contribution in [0.1, 0.15) is 46.0 Å². The maximum atomic E-state index is 6.22. The molecule has 2 unspecified atom stereocenters. The first-order chi connectivity index (χ1) is 10.1. The highest BCUT2D eigenvalue weighted by Crippen LogP contribution is 2.40. The van der Waals surface area contributed by atoms with Gasteiger partial charge in [-0.15, -0.1) is 0 Å². The van der Waals surface area contributed by atoms with Gasteiger partial charge in [0, 0.05) is 4.90 Å². The number of halogens is 1. The van der Waals surface area contributed by atoms with E-state index < -0.39 is 0 Å². The van der Waals surface area contributed by atoms with Crippen molar-refractivity contribution in [2.45, 2.75) is 62.4 Å². The summed E-state index contributed by atoms with van der Waals surface area (Å²) in [7, 11) is 1.65. The van der Waals surface area contributed by atoms with Gasteiger partial charge in [0.25, 0.3) is 0 Å². The van der Waals surface area contributed by atoms with Crippen molar-refractivity contribution < 1.29 is 9.47 Å². The van der Waals surface area contributed by atoms with Crippen LogP contribution in [0.15, 0.2) is 23.1 Å². The topological polar surface area (TPSA) is 18.5 Å². The van der Waals surface area contributed by atoms with Crippen LogP contribution < -0.4 is 4.74 Å². The molecule has 0 aromatic heterocycles. The molecule has 118 valence electrons. The summed E-state index contributed by atoms with van der Waals surface area (Å²) in [6.07, 6.45) is 6.58. The molecule has 0 aliphatic carbocycles. The average molecular weight is 329 g/mol. The lowest BCUT2D eigenvalue weighted by molar-refractivity contribution is 0.0697. The number of rotatable bonds is 7. The van der Waals surface area contributed by atoms with E-state index in [1.807, 2.05) is 18.2 Å². The van der Waals surface area contributed by atoms with Crippen LogP contribution in [0, 0.1) is 5.92 Å². The summed E-state index contributed by atoms with van der Waals surface area (Å²) in [5.74, 6) is 1.38. The third-order valence-electron chi connectivity index (χ3n) is 4.01. The fourth-order valence-electron chi connectivity index (χ4n) is 2.73. The van der Waals surface area contributed by atoms with Gasteiger partial charge in [0.05, 0.1) is 18.2 Å². The van der Waals surface area contributed by atoms with E-state index in [1.54, 1.807) is 18.9 Å². The van der Waals surface area contributed by atoms with Crippen LogP contribution in [0.2, 0.25) is 5.02 Å². The zero-order valence-corrected chi connectivity index (χ0v) is 14.7. The van der Waals surface area contributed by atoms with E-state index in [2.05, 4.69) is 13.8 Å². The number of unbranched alkanes of at least 4 members (excludes halogenated alkanes) is 2. The molecule has 0 N–H and O–H groups in total. The van der Waals surface area contributed by atoms with Crippen LogP contribution in [0.25, 0.3) is 0 Å². The molecule has 3 atom stereocenters. The molecule has 0 amide bonds. The number of hydrogen-bond acceptors (Lipinski definition) is 3. The summed E-state index contributed by atoms with van der Waals surface area (Å²) in [6.45, 7) is 4.55. The summed E-state index contributed by atoms with van der Waals surface area (Å²) in [4.78, 5) is 1.16. The zero-order valence-electron chi connectivity index (χ0n) is 13.1. The first-order valence-corrected chi connectivity index (χ1v) is 9.05. The highest BCUT2D eigenvalue weighted by Gasteiger charge is 2.32. The highest BCUT2D eigenvalue weighted by atomic mass is 35.5. The molecule has 2 nitrogen and oxygen atoms in total. The fourth-order valence-corrected chi connectivity index (χ4v) is 4.15. The molecular weight excluding hydrogens is 304 g/mol. The Labute approximate surface area is 137 Å². The molecule has 2 rings (SSSR count). The largest absolute Gasteiger partial charge is 0.495 e. The molecule has 1 saturated heterocycles. The van der Waals surface area contributed by atoms with Gasteiger partial charge >= 0.3 is 0 Å². The first kappa shape index (κ1) is 17.0. The van der Waals surface area contributed by atoms with Gasteiger partial charge < -0.3 is 9.47 Å². The molecule has 0 saturated carbocycles. The minimum atomic E-state index is 0.248. The van der Waals surface area contributed by atoms with E-state index in [0.29, 0.717) is 17.0 Å². The predicted molar refractivity (Wildman–Crippen MR) is 90.4 cm³/mol. The Morgan fingerprint density at radius 1 is 1.38 bits per heavy atom. The summed E-state index contributed by atoms with van der Waals surface area (Å²) < 4.78 is 11.5. The Kier molecular flexibility index (Phi) is 6.72. The summed E-state index contributed by atoms with van der Waals surface area (Å²) >= 11 is 7.84. The van der Waals surface area contributed by atoms with Crippen molar-refractivity contribution in [3.05, 3.63) is 23.2 Å². The summed E-state index contributed by atoms with van der Waals surface area (Å²) in [5.41, 5.74) is 0.248. The van der Waals surface area contributed by atoms with Gasteiger partial charge in [-0.3, -0.25) is 0 Å². The van der Waals surface area contributed by atoms with Crippen LogP contribution in [0.4, 0.5) is 0 Å². The lowest BCUT2D eigenvalue weighted by Gasteiger charge is -2.15. The van der Waals surface area contributed by atoms with Crippen LogP contribution in [-0.4, -0.2) is 18.6 Å². The monoisotopic (exact) mass is 328 g/mol. The van der Waals surface area contributed by atoms with E-state index in [4.69, 9.17) is 21.1 Å². The second-order valence-electron chi connectivity index (χ2n) is 5.73. The molecule has 1 heterocycles. The van der Waals surface area contributed by atoms with Gasteiger partial charge in [-0.25, -0.2) is 0 Å². The quantitative estimate of drug-likeness (QED) is 0.592.